The molecule has 2 atom stereocenters. The number of imide groups is 1. The third-order valence-electron chi connectivity index (χ3n) is 12.5. The molecule has 9 rings (SSSR count). The van der Waals surface area contributed by atoms with Gasteiger partial charge < -0.3 is 19.7 Å². The summed E-state index contributed by atoms with van der Waals surface area (Å²) in [5, 5.41) is 10.8. The zero-order chi connectivity index (χ0) is 41.2. The quantitative estimate of drug-likeness (QED) is 0.137. The number of fused-ring (bicyclic) bond motifs is 3. The Balaban J connectivity index is 0.846. The highest BCUT2D eigenvalue weighted by Gasteiger charge is 2.36. The number of anilines is 1. The second kappa shape index (κ2) is 15.0. The minimum Gasteiger partial charge on any atom is -0.369 e. The van der Waals surface area contributed by atoms with Crippen LogP contribution in [0.3, 0.4) is 0 Å². The molecule has 0 spiro atoms. The lowest BCUT2D eigenvalue weighted by molar-refractivity contribution is -0.134. The number of nitrogens with zero attached hydrogens (tertiary/aromatic N) is 6. The highest BCUT2D eigenvalue weighted by Crippen LogP contribution is 2.42. The maximum atomic E-state index is 16.3. The molecule has 1 aliphatic carbocycles. The Morgan fingerprint density at radius 2 is 1.73 bits per heavy atom. The first-order chi connectivity index (χ1) is 28.3. The van der Waals surface area contributed by atoms with Gasteiger partial charge in [0.05, 0.1) is 23.0 Å². The van der Waals surface area contributed by atoms with Gasteiger partial charge in [-0.25, -0.2) is 14.4 Å². The van der Waals surface area contributed by atoms with Gasteiger partial charge in [-0.2, -0.15) is 4.98 Å². The van der Waals surface area contributed by atoms with Crippen LogP contribution in [0.5, 0.6) is 0 Å². The van der Waals surface area contributed by atoms with Crippen molar-refractivity contribution in [3.63, 3.8) is 0 Å². The number of benzene rings is 3. The van der Waals surface area contributed by atoms with E-state index in [-0.39, 0.29) is 23.6 Å². The number of halogens is 1. The van der Waals surface area contributed by atoms with Crippen LogP contribution in [-0.4, -0.2) is 79.9 Å². The molecule has 3 N–H and O–H groups in total. The summed E-state index contributed by atoms with van der Waals surface area (Å²) in [6, 6.07) is 18.4. The number of carbonyl (C=O) groups is 3. The van der Waals surface area contributed by atoms with Crippen LogP contribution < -0.4 is 15.5 Å². The Bertz CT molecular complexity index is 2600. The number of piperidine rings is 1. The summed E-state index contributed by atoms with van der Waals surface area (Å²) in [4.78, 5) is 58.7. The van der Waals surface area contributed by atoms with Crippen molar-refractivity contribution in [1.82, 2.24) is 40.6 Å². The SMILES string of the molecule is Cc1c([C@@H](C)NC(=O)c2noc(C(C)(C)C)n2)ccc(-c2ncnc3[nH]c4cc(N5CCN(C6CC(c7ccc([C@H]8CCC(=O)NC8=O)cc7)C6)CC5)ccc4c23)c1F. The highest BCUT2D eigenvalue weighted by molar-refractivity contribution is 6.12. The summed E-state index contributed by atoms with van der Waals surface area (Å²) in [5.41, 5.74) is 6.45. The van der Waals surface area contributed by atoms with Crippen LogP contribution in [0.25, 0.3) is 33.2 Å². The van der Waals surface area contributed by atoms with E-state index in [0.717, 1.165) is 66.6 Å². The molecule has 3 amide bonds. The van der Waals surface area contributed by atoms with Crippen molar-refractivity contribution in [2.24, 2.45) is 0 Å². The number of carbonyl (C=O) groups excluding carboxylic acids is 3. The number of piperazine rings is 1. The van der Waals surface area contributed by atoms with Crippen molar-refractivity contribution < 1.29 is 23.3 Å². The summed E-state index contributed by atoms with van der Waals surface area (Å²) in [6.07, 6.45) is 4.66. The minimum atomic E-state index is -0.523. The monoisotopic (exact) mass is 797 g/mol. The number of aromatic amines is 1. The third kappa shape index (κ3) is 7.23. The van der Waals surface area contributed by atoms with Gasteiger partial charge in [-0.15, -0.1) is 0 Å². The zero-order valence-electron chi connectivity index (χ0n) is 33.9. The van der Waals surface area contributed by atoms with E-state index < -0.39 is 23.2 Å². The third-order valence-corrected chi connectivity index (χ3v) is 12.5. The Labute approximate surface area is 341 Å². The molecule has 3 fully saturated rings. The van der Waals surface area contributed by atoms with Gasteiger partial charge in [-0.05, 0) is 79.5 Å². The van der Waals surface area contributed by atoms with Crippen molar-refractivity contribution in [3.05, 3.63) is 101 Å². The summed E-state index contributed by atoms with van der Waals surface area (Å²) in [6.45, 7) is 13.1. The molecule has 304 valence electrons. The second-order valence-corrected chi connectivity index (χ2v) is 17.3. The lowest BCUT2D eigenvalue weighted by Gasteiger charge is -2.47. The summed E-state index contributed by atoms with van der Waals surface area (Å²) in [7, 11) is 0. The number of hydrogen-bond acceptors (Lipinski definition) is 10. The van der Waals surface area contributed by atoms with E-state index >= 15 is 4.39 Å². The molecule has 3 aliphatic rings. The first kappa shape index (κ1) is 38.5. The van der Waals surface area contributed by atoms with Crippen LogP contribution in [-0.2, 0) is 15.0 Å². The molecule has 2 aliphatic heterocycles. The second-order valence-electron chi connectivity index (χ2n) is 17.3. The van der Waals surface area contributed by atoms with E-state index in [1.54, 1.807) is 19.9 Å². The average Bonchev–Trinajstić information content (AvgIpc) is 3.85. The van der Waals surface area contributed by atoms with E-state index in [4.69, 9.17) is 4.52 Å². The number of hydrogen-bond donors (Lipinski definition) is 3. The van der Waals surface area contributed by atoms with E-state index in [1.807, 2.05) is 26.8 Å². The van der Waals surface area contributed by atoms with Gasteiger partial charge in [0.15, 0.2) is 0 Å². The maximum absolute atomic E-state index is 16.3. The van der Waals surface area contributed by atoms with Crippen molar-refractivity contribution in [2.75, 3.05) is 31.1 Å². The van der Waals surface area contributed by atoms with Crippen molar-refractivity contribution >= 4 is 45.3 Å². The smallest absolute Gasteiger partial charge is 0.293 e. The summed E-state index contributed by atoms with van der Waals surface area (Å²) >= 11 is 0. The van der Waals surface area contributed by atoms with Crippen LogP contribution in [0.1, 0.15) is 110 Å². The number of amides is 3. The Hall–Kier alpha value is -6.02. The first-order valence-corrected chi connectivity index (χ1v) is 20.5. The molecule has 2 saturated heterocycles. The van der Waals surface area contributed by atoms with Crippen molar-refractivity contribution in [3.8, 4) is 11.3 Å². The number of rotatable bonds is 8. The normalized spacial score (nSPS) is 20.8. The van der Waals surface area contributed by atoms with Crippen LogP contribution in [0.2, 0.25) is 0 Å². The van der Waals surface area contributed by atoms with Gasteiger partial charge in [0.1, 0.15) is 17.8 Å². The lowest BCUT2D eigenvalue weighted by Crippen LogP contribution is -2.53. The van der Waals surface area contributed by atoms with Gasteiger partial charge in [-0.1, -0.05) is 62.3 Å². The van der Waals surface area contributed by atoms with Gasteiger partial charge in [-0.3, -0.25) is 24.6 Å². The molecular weight excluding hydrogens is 750 g/mol. The Morgan fingerprint density at radius 1 is 0.983 bits per heavy atom. The fourth-order valence-electron chi connectivity index (χ4n) is 8.94. The predicted octanol–water partition coefficient (Wildman–Crippen LogP) is 6.99. The number of nitrogens with one attached hydrogen (secondary N) is 3. The summed E-state index contributed by atoms with van der Waals surface area (Å²) in [5.74, 6) is -0.735. The molecule has 0 unspecified atom stereocenters. The Kier molecular flexibility index (Phi) is 9.77. The molecule has 1 saturated carbocycles. The van der Waals surface area contributed by atoms with Gasteiger partial charge in [0, 0.05) is 66.2 Å². The van der Waals surface area contributed by atoms with E-state index in [1.165, 1.54) is 11.9 Å². The molecular formula is C45H48FN9O4. The molecule has 3 aromatic heterocycles. The van der Waals surface area contributed by atoms with Crippen molar-refractivity contribution in [1.29, 1.82) is 0 Å². The fraction of sp³-hybridized carbons (Fsp3) is 0.400. The number of H-pyrrole nitrogens is 1. The molecule has 0 bridgehead atoms. The molecule has 0 radical (unpaired) electrons. The predicted molar refractivity (Wildman–Crippen MR) is 222 cm³/mol. The van der Waals surface area contributed by atoms with E-state index in [0.29, 0.717) is 58.7 Å². The topological polar surface area (TPSA) is 162 Å². The van der Waals surface area contributed by atoms with E-state index in [9.17, 15) is 14.4 Å². The van der Waals surface area contributed by atoms with Gasteiger partial charge in [0.2, 0.25) is 17.7 Å². The molecule has 6 aromatic rings. The van der Waals surface area contributed by atoms with E-state index in [2.05, 4.69) is 88.0 Å². The fourth-order valence-corrected chi connectivity index (χ4v) is 8.94. The van der Waals surface area contributed by atoms with Gasteiger partial charge >= 0.3 is 0 Å². The molecule has 14 heteroatoms. The van der Waals surface area contributed by atoms with Gasteiger partial charge in [0.25, 0.3) is 11.7 Å². The van der Waals surface area contributed by atoms with Crippen LogP contribution >= 0.6 is 0 Å². The molecule has 3 aromatic carbocycles. The maximum Gasteiger partial charge on any atom is 0.293 e. The van der Waals surface area contributed by atoms with Crippen LogP contribution in [0.15, 0.2) is 65.4 Å². The summed E-state index contributed by atoms with van der Waals surface area (Å²) < 4.78 is 21.6. The van der Waals surface area contributed by atoms with Crippen molar-refractivity contribution in [2.45, 2.75) is 89.6 Å². The lowest BCUT2D eigenvalue weighted by atomic mass is 9.74. The largest absolute Gasteiger partial charge is 0.369 e. The molecule has 5 heterocycles. The zero-order valence-corrected chi connectivity index (χ0v) is 33.9. The van der Waals surface area contributed by atoms with Crippen LogP contribution in [0.4, 0.5) is 10.1 Å². The molecule has 13 nitrogen and oxygen atoms in total. The Morgan fingerprint density at radius 3 is 2.44 bits per heavy atom. The minimum absolute atomic E-state index is 0.0674. The first-order valence-electron chi connectivity index (χ1n) is 20.5. The van der Waals surface area contributed by atoms with Crippen LogP contribution in [0, 0.1) is 12.7 Å². The highest BCUT2D eigenvalue weighted by atomic mass is 19.1. The molecule has 59 heavy (non-hydrogen) atoms. The number of aromatic nitrogens is 5. The average molecular weight is 798 g/mol. The standard InChI is InChI=1S/C45H48FN9O4/c1-24-31(25(2)49-43(58)41-52-44(59-53-41)45(3,4)5)12-13-34(38(24)46)39-37-33-11-10-29(22-35(33)50-40(37)48-23-47-39)54-16-18-55(19-17-54)30-20-28(21-30)26-6-8-27(9-7-26)32-14-15-36(56)51-42(32)57/h6-13,22-23,25,28,30,32H,14-21H2,1-5H3,(H,49,58)(H,47,48,50)(H,51,56,57)/t25-,28?,30?,32-/m1/s1.